The molecule has 2 aromatic rings. The Balaban J connectivity index is 1.54. The second-order valence-corrected chi connectivity index (χ2v) is 6.92. The number of rotatable bonds is 7. The van der Waals surface area contributed by atoms with Gasteiger partial charge in [0.15, 0.2) is 5.13 Å². The first-order valence-corrected chi connectivity index (χ1v) is 9.21. The zero-order valence-electron chi connectivity index (χ0n) is 14.5. The quantitative estimate of drug-likeness (QED) is 0.821. The number of benzene rings is 1. The van der Waals surface area contributed by atoms with Crippen LogP contribution < -0.4 is 14.8 Å². The van der Waals surface area contributed by atoms with Gasteiger partial charge < -0.3 is 19.7 Å². The van der Waals surface area contributed by atoms with Crippen molar-refractivity contribution in [3.05, 3.63) is 35.3 Å². The van der Waals surface area contributed by atoms with Crippen molar-refractivity contribution in [1.29, 1.82) is 0 Å². The monoisotopic (exact) mass is 361 g/mol. The van der Waals surface area contributed by atoms with Crippen LogP contribution in [0.1, 0.15) is 24.3 Å². The Labute approximate surface area is 151 Å². The van der Waals surface area contributed by atoms with Crippen LogP contribution in [-0.4, -0.2) is 49.6 Å². The van der Waals surface area contributed by atoms with Gasteiger partial charge in [0.25, 0.3) is 0 Å². The van der Waals surface area contributed by atoms with Crippen molar-refractivity contribution in [1.82, 2.24) is 9.88 Å². The molecular formula is C18H23N3O3S. The minimum Gasteiger partial charge on any atom is -0.497 e. The van der Waals surface area contributed by atoms with Crippen LogP contribution in [0.4, 0.5) is 5.13 Å². The Morgan fingerprint density at radius 1 is 1.40 bits per heavy atom. The van der Waals surface area contributed by atoms with Crippen molar-refractivity contribution in [3.8, 4) is 11.5 Å². The number of ether oxygens (including phenoxy) is 2. The SMILES string of the molecule is COc1ccc(OC)c(C2CCN(CCC(=O)Nc3nccs3)C2)c1. The van der Waals surface area contributed by atoms with Crippen LogP contribution in [-0.2, 0) is 4.79 Å². The summed E-state index contributed by atoms with van der Waals surface area (Å²) >= 11 is 1.43. The number of carbonyl (C=O) groups is 1. The molecule has 2 heterocycles. The maximum Gasteiger partial charge on any atom is 0.227 e. The van der Waals surface area contributed by atoms with Gasteiger partial charge in [-0.1, -0.05) is 0 Å². The summed E-state index contributed by atoms with van der Waals surface area (Å²) < 4.78 is 10.8. The van der Waals surface area contributed by atoms with Gasteiger partial charge in [-0.3, -0.25) is 4.79 Å². The maximum atomic E-state index is 12.0. The fourth-order valence-corrected chi connectivity index (χ4v) is 3.72. The molecule has 6 nitrogen and oxygen atoms in total. The van der Waals surface area contributed by atoms with E-state index in [1.807, 2.05) is 17.5 Å². The first-order valence-electron chi connectivity index (χ1n) is 8.33. The van der Waals surface area contributed by atoms with E-state index < -0.39 is 0 Å². The summed E-state index contributed by atoms with van der Waals surface area (Å²) in [4.78, 5) is 18.4. The largest absolute Gasteiger partial charge is 0.497 e. The van der Waals surface area contributed by atoms with E-state index >= 15 is 0 Å². The third-order valence-electron chi connectivity index (χ3n) is 4.48. The number of thiazole rings is 1. The third-order valence-corrected chi connectivity index (χ3v) is 5.17. The number of anilines is 1. The van der Waals surface area contributed by atoms with Gasteiger partial charge in [0, 0.05) is 42.6 Å². The number of hydrogen-bond donors (Lipinski definition) is 1. The van der Waals surface area contributed by atoms with Gasteiger partial charge in [0.2, 0.25) is 5.91 Å². The van der Waals surface area contributed by atoms with E-state index in [1.165, 1.54) is 16.9 Å². The summed E-state index contributed by atoms with van der Waals surface area (Å²) in [5, 5.41) is 5.33. The Hall–Kier alpha value is -2.12. The lowest BCUT2D eigenvalue weighted by atomic mass is 9.97. The summed E-state index contributed by atoms with van der Waals surface area (Å²) in [6.07, 6.45) is 3.21. The third kappa shape index (κ3) is 4.49. The first kappa shape index (κ1) is 17.7. The second-order valence-electron chi connectivity index (χ2n) is 6.03. The number of methoxy groups -OCH3 is 2. The normalized spacial score (nSPS) is 17.4. The molecule has 1 aromatic carbocycles. The van der Waals surface area contributed by atoms with Gasteiger partial charge in [-0.15, -0.1) is 11.3 Å². The smallest absolute Gasteiger partial charge is 0.227 e. The molecule has 0 aliphatic carbocycles. The summed E-state index contributed by atoms with van der Waals surface area (Å²) in [6.45, 7) is 2.66. The van der Waals surface area contributed by atoms with Gasteiger partial charge in [0.1, 0.15) is 11.5 Å². The van der Waals surface area contributed by atoms with Crippen molar-refractivity contribution >= 4 is 22.4 Å². The van der Waals surface area contributed by atoms with Crippen LogP contribution in [0.3, 0.4) is 0 Å². The molecule has 0 bridgehead atoms. The van der Waals surface area contributed by atoms with Crippen LogP contribution in [0.2, 0.25) is 0 Å². The maximum absolute atomic E-state index is 12.0. The second kappa shape index (κ2) is 8.31. The van der Waals surface area contributed by atoms with E-state index in [9.17, 15) is 4.79 Å². The predicted octanol–water partition coefficient (Wildman–Crippen LogP) is 2.98. The number of likely N-dealkylation sites (tertiary alicyclic amines) is 1. The minimum absolute atomic E-state index is 0.0114. The molecule has 1 aliphatic heterocycles. The van der Waals surface area contributed by atoms with Crippen molar-refractivity contribution in [2.45, 2.75) is 18.8 Å². The predicted molar refractivity (Wildman–Crippen MR) is 98.7 cm³/mol. The highest BCUT2D eigenvalue weighted by Gasteiger charge is 2.26. The van der Waals surface area contributed by atoms with Crippen molar-refractivity contribution in [2.75, 3.05) is 39.2 Å². The number of nitrogens with one attached hydrogen (secondary N) is 1. The summed E-state index contributed by atoms with van der Waals surface area (Å²) in [7, 11) is 3.37. The number of carbonyl (C=O) groups excluding carboxylic acids is 1. The molecule has 25 heavy (non-hydrogen) atoms. The standard InChI is InChI=1S/C18H23N3O3S/c1-23-14-3-4-16(24-2)15(11-14)13-5-8-21(12-13)9-6-17(22)20-18-19-7-10-25-18/h3-4,7,10-11,13H,5-6,8-9,12H2,1-2H3,(H,19,20,22). The van der Waals surface area contributed by atoms with Crippen LogP contribution >= 0.6 is 11.3 Å². The molecule has 1 aliphatic rings. The molecule has 1 atom stereocenters. The fourth-order valence-electron chi connectivity index (χ4n) is 3.17. The Morgan fingerprint density at radius 3 is 3.00 bits per heavy atom. The number of aromatic nitrogens is 1. The lowest BCUT2D eigenvalue weighted by Crippen LogP contribution is -2.25. The topological polar surface area (TPSA) is 63.7 Å². The summed E-state index contributed by atoms with van der Waals surface area (Å²) in [5.74, 6) is 2.15. The Morgan fingerprint density at radius 2 is 2.28 bits per heavy atom. The molecule has 1 amide bonds. The highest BCUT2D eigenvalue weighted by Crippen LogP contribution is 2.35. The molecule has 134 valence electrons. The van der Waals surface area contributed by atoms with E-state index in [2.05, 4.69) is 21.3 Å². The van der Waals surface area contributed by atoms with E-state index in [0.717, 1.165) is 37.6 Å². The van der Waals surface area contributed by atoms with Crippen LogP contribution in [0.5, 0.6) is 11.5 Å². The van der Waals surface area contributed by atoms with E-state index in [4.69, 9.17) is 9.47 Å². The molecule has 1 fully saturated rings. The highest BCUT2D eigenvalue weighted by atomic mass is 32.1. The van der Waals surface area contributed by atoms with Gasteiger partial charge in [0.05, 0.1) is 14.2 Å². The minimum atomic E-state index is 0.0114. The van der Waals surface area contributed by atoms with E-state index in [0.29, 0.717) is 17.5 Å². The van der Waals surface area contributed by atoms with Crippen molar-refractivity contribution in [3.63, 3.8) is 0 Å². The Bertz CT molecular complexity index is 706. The average Bonchev–Trinajstić information content (AvgIpc) is 3.31. The van der Waals surface area contributed by atoms with E-state index in [1.54, 1.807) is 20.4 Å². The summed E-state index contributed by atoms with van der Waals surface area (Å²) in [6, 6.07) is 5.93. The molecule has 1 saturated heterocycles. The highest BCUT2D eigenvalue weighted by molar-refractivity contribution is 7.13. The molecule has 1 unspecified atom stereocenters. The Kier molecular flexibility index (Phi) is 5.88. The molecular weight excluding hydrogens is 338 g/mol. The number of amides is 1. The average molecular weight is 361 g/mol. The molecule has 7 heteroatoms. The molecule has 3 rings (SSSR count). The molecule has 0 spiro atoms. The van der Waals surface area contributed by atoms with Gasteiger partial charge in [-0.25, -0.2) is 4.98 Å². The van der Waals surface area contributed by atoms with E-state index in [-0.39, 0.29) is 5.91 Å². The lowest BCUT2D eigenvalue weighted by molar-refractivity contribution is -0.116. The molecule has 1 aromatic heterocycles. The molecule has 0 saturated carbocycles. The number of hydrogen-bond acceptors (Lipinski definition) is 6. The van der Waals surface area contributed by atoms with Crippen molar-refractivity contribution < 1.29 is 14.3 Å². The summed E-state index contributed by atoms with van der Waals surface area (Å²) in [5.41, 5.74) is 1.18. The first-order chi connectivity index (χ1) is 12.2. The molecule has 1 N–H and O–H groups in total. The lowest BCUT2D eigenvalue weighted by Gasteiger charge is -2.18. The van der Waals surface area contributed by atoms with Gasteiger partial charge in [-0.05, 0) is 31.2 Å². The molecule has 0 radical (unpaired) electrons. The van der Waals surface area contributed by atoms with Crippen molar-refractivity contribution in [2.24, 2.45) is 0 Å². The van der Waals surface area contributed by atoms with Crippen LogP contribution in [0, 0.1) is 0 Å². The van der Waals surface area contributed by atoms with Gasteiger partial charge in [-0.2, -0.15) is 0 Å². The fraction of sp³-hybridized carbons (Fsp3) is 0.444. The zero-order chi connectivity index (χ0) is 17.6. The number of nitrogens with zero attached hydrogens (tertiary/aromatic N) is 2. The van der Waals surface area contributed by atoms with Gasteiger partial charge >= 0.3 is 0 Å². The van der Waals surface area contributed by atoms with Crippen LogP contribution in [0.15, 0.2) is 29.8 Å². The van der Waals surface area contributed by atoms with Crippen LogP contribution in [0.25, 0.3) is 0 Å². The zero-order valence-corrected chi connectivity index (χ0v) is 15.3.